The second-order valence-electron chi connectivity index (χ2n) is 5.48. The molecule has 1 aromatic carbocycles. The van der Waals surface area contributed by atoms with Gasteiger partial charge in [-0.3, -0.25) is 4.79 Å². The molecule has 0 spiro atoms. The quantitative estimate of drug-likeness (QED) is 0.684. The Labute approximate surface area is 133 Å². The fraction of sp³-hybridized carbons (Fsp3) is 0.556. The lowest BCUT2D eigenvalue weighted by molar-refractivity contribution is -0.144. The summed E-state index contributed by atoms with van der Waals surface area (Å²) >= 11 is 0. The van der Waals surface area contributed by atoms with Crippen molar-refractivity contribution in [1.29, 1.82) is 5.26 Å². The number of hydrogen-bond acceptors (Lipinski definition) is 4. The van der Waals surface area contributed by atoms with Gasteiger partial charge in [0.25, 0.3) is 0 Å². The van der Waals surface area contributed by atoms with Gasteiger partial charge < -0.3 is 9.47 Å². The van der Waals surface area contributed by atoms with Gasteiger partial charge in [0, 0.05) is 6.42 Å². The molecule has 4 heteroatoms. The van der Waals surface area contributed by atoms with Gasteiger partial charge in [-0.05, 0) is 37.0 Å². The number of hydrogen-bond donors (Lipinski definition) is 0. The summed E-state index contributed by atoms with van der Waals surface area (Å²) in [5, 5.41) is 9.89. The van der Waals surface area contributed by atoms with Crippen molar-refractivity contribution < 1.29 is 14.3 Å². The monoisotopic (exact) mass is 303 g/mol. The van der Waals surface area contributed by atoms with E-state index in [1.54, 1.807) is 14.0 Å². The molecule has 0 unspecified atom stereocenters. The molecular weight excluding hydrogens is 278 g/mol. The lowest BCUT2D eigenvalue weighted by Crippen LogP contribution is -2.34. The highest BCUT2D eigenvalue weighted by atomic mass is 16.5. The van der Waals surface area contributed by atoms with Crippen LogP contribution in [0, 0.1) is 17.2 Å². The van der Waals surface area contributed by atoms with Gasteiger partial charge in [-0.2, -0.15) is 5.26 Å². The first-order chi connectivity index (χ1) is 10.5. The molecule has 0 saturated carbocycles. The summed E-state index contributed by atoms with van der Waals surface area (Å²) in [5.74, 6) is 0.328. The van der Waals surface area contributed by atoms with Crippen molar-refractivity contribution in [2.24, 2.45) is 5.92 Å². The van der Waals surface area contributed by atoms with Crippen molar-refractivity contribution in [1.82, 2.24) is 0 Å². The fourth-order valence-corrected chi connectivity index (χ4v) is 2.84. The molecule has 120 valence electrons. The molecule has 4 nitrogen and oxygen atoms in total. The van der Waals surface area contributed by atoms with E-state index in [2.05, 4.69) is 6.07 Å². The van der Waals surface area contributed by atoms with Gasteiger partial charge in [-0.25, -0.2) is 0 Å². The first-order valence-corrected chi connectivity index (χ1v) is 7.75. The number of rotatable bonds is 8. The zero-order valence-electron chi connectivity index (χ0n) is 13.9. The Morgan fingerprint density at radius 1 is 1.41 bits per heavy atom. The summed E-state index contributed by atoms with van der Waals surface area (Å²) in [5.41, 5.74) is 0.184. The van der Waals surface area contributed by atoms with Crippen molar-refractivity contribution in [2.45, 2.75) is 45.4 Å². The van der Waals surface area contributed by atoms with Crippen LogP contribution < -0.4 is 4.74 Å². The van der Waals surface area contributed by atoms with E-state index in [0.717, 1.165) is 17.7 Å². The number of benzene rings is 1. The standard InChI is InChI=1S/C18H25NO3/c1-5-10-18(13-19,14(3)11-17(20)22-6-2)15-8-7-9-16(12-15)21-4/h7-9,12,14H,5-6,10-11H2,1-4H3/t14-,18-/m0/s1. The maximum atomic E-state index is 11.8. The molecule has 1 rings (SSSR count). The molecular formula is C18H25NO3. The molecule has 0 radical (unpaired) electrons. The number of nitrogens with zero attached hydrogens (tertiary/aromatic N) is 1. The van der Waals surface area contributed by atoms with Crippen molar-refractivity contribution in [3.05, 3.63) is 29.8 Å². The highest BCUT2D eigenvalue weighted by Crippen LogP contribution is 2.39. The molecule has 0 saturated heterocycles. The largest absolute Gasteiger partial charge is 0.497 e. The van der Waals surface area contributed by atoms with E-state index in [1.807, 2.05) is 38.1 Å². The lowest BCUT2D eigenvalue weighted by Gasteiger charge is -2.33. The lowest BCUT2D eigenvalue weighted by atomic mass is 9.68. The molecule has 0 fully saturated rings. The number of carbonyl (C=O) groups excluding carboxylic acids is 1. The van der Waals surface area contributed by atoms with Crippen LogP contribution >= 0.6 is 0 Å². The van der Waals surface area contributed by atoms with Gasteiger partial charge in [0.1, 0.15) is 5.75 Å². The minimum atomic E-state index is -0.712. The van der Waals surface area contributed by atoms with Crippen LogP contribution in [0.15, 0.2) is 24.3 Å². The third-order valence-corrected chi connectivity index (χ3v) is 4.05. The third-order valence-electron chi connectivity index (χ3n) is 4.05. The summed E-state index contributed by atoms with van der Waals surface area (Å²) < 4.78 is 10.3. The van der Waals surface area contributed by atoms with Gasteiger partial charge in [0.05, 0.1) is 25.2 Å². The summed E-state index contributed by atoms with van der Waals surface area (Å²) in [6, 6.07) is 10.0. The SMILES string of the molecule is CCC[C@@](C#N)(c1cccc(OC)c1)[C@@H](C)CC(=O)OCC. The predicted octanol–water partition coefficient (Wildman–Crippen LogP) is 3.85. The van der Waals surface area contributed by atoms with Gasteiger partial charge in [-0.1, -0.05) is 32.4 Å². The highest BCUT2D eigenvalue weighted by molar-refractivity contribution is 5.70. The van der Waals surface area contributed by atoms with E-state index in [1.165, 1.54) is 0 Å². The summed E-state index contributed by atoms with van der Waals surface area (Å²) in [4.78, 5) is 11.8. The van der Waals surface area contributed by atoms with Crippen LogP contribution in [-0.4, -0.2) is 19.7 Å². The Bertz CT molecular complexity index is 535. The average Bonchev–Trinajstić information content (AvgIpc) is 2.52. The molecule has 2 atom stereocenters. The molecule has 0 aliphatic rings. The van der Waals surface area contributed by atoms with Crippen LogP contribution in [0.4, 0.5) is 0 Å². The van der Waals surface area contributed by atoms with Crippen molar-refractivity contribution >= 4 is 5.97 Å². The molecule has 0 aliphatic heterocycles. The number of carbonyl (C=O) groups is 1. The van der Waals surface area contributed by atoms with Gasteiger partial charge in [0.15, 0.2) is 0 Å². The zero-order chi connectivity index (χ0) is 16.6. The van der Waals surface area contributed by atoms with Crippen molar-refractivity contribution in [2.75, 3.05) is 13.7 Å². The molecule has 0 aromatic heterocycles. The average molecular weight is 303 g/mol. The second-order valence-corrected chi connectivity index (χ2v) is 5.48. The summed E-state index contributed by atoms with van der Waals surface area (Å²) in [6.07, 6.45) is 1.79. The van der Waals surface area contributed by atoms with E-state index in [0.29, 0.717) is 13.0 Å². The molecule has 1 aromatic rings. The maximum Gasteiger partial charge on any atom is 0.306 e. The first-order valence-electron chi connectivity index (χ1n) is 7.75. The van der Waals surface area contributed by atoms with Crippen molar-refractivity contribution in [3.8, 4) is 11.8 Å². The van der Waals surface area contributed by atoms with E-state index < -0.39 is 5.41 Å². The fourth-order valence-electron chi connectivity index (χ4n) is 2.84. The number of methoxy groups -OCH3 is 1. The summed E-state index contributed by atoms with van der Waals surface area (Å²) in [7, 11) is 1.61. The predicted molar refractivity (Wildman–Crippen MR) is 85.6 cm³/mol. The van der Waals surface area contributed by atoms with Crippen LogP contribution in [-0.2, 0) is 14.9 Å². The summed E-state index contributed by atoms with van der Waals surface area (Å²) in [6.45, 7) is 6.13. The maximum absolute atomic E-state index is 11.8. The Morgan fingerprint density at radius 3 is 2.68 bits per heavy atom. The van der Waals surface area contributed by atoms with Crippen LogP contribution in [0.1, 0.15) is 45.6 Å². The van der Waals surface area contributed by atoms with Crippen LogP contribution in [0.3, 0.4) is 0 Å². The van der Waals surface area contributed by atoms with Gasteiger partial charge in [-0.15, -0.1) is 0 Å². The van der Waals surface area contributed by atoms with Crippen LogP contribution in [0.2, 0.25) is 0 Å². The highest BCUT2D eigenvalue weighted by Gasteiger charge is 2.39. The number of esters is 1. The number of ether oxygens (including phenoxy) is 2. The van der Waals surface area contributed by atoms with Gasteiger partial charge in [0.2, 0.25) is 0 Å². The van der Waals surface area contributed by atoms with E-state index >= 15 is 0 Å². The van der Waals surface area contributed by atoms with E-state index in [9.17, 15) is 10.1 Å². The smallest absolute Gasteiger partial charge is 0.306 e. The Hall–Kier alpha value is -2.02. The minimum Gasteiger partial charge on any atom is -0.497 e. The van der Waals surface area contributed by atoms with Crippen LogP contribution in [0.25, 0.3) is 0 Å². The van der Waals surface area contributed by atoms with Crippen molar-refractivity contribution in [3.63, 3.8) is 0 Å². The molecule has 0 aliphatic carbocycles. The Balaban J connectivity index is 3.18. The minimum absolute atomic E-state index is 0.136. The third kappa shape index (κ3) is 4.00. The Kier molecular flexibility index (Phi) is 6.91. The van der Waals surface area contributed by atoms with Gasteiger partial charge >= 0.3 is 5.97 Å². The van der Waals surface area contributed by atoms with E-state index in [4.69, 9.17) is 9.47 Å². The molecule has 0 N–H and O–H groups in total. The van der Waals surface area contributed by atoms with Crippen LogP contribution in [0.5, 0.6) is 5.75 Å². The molecule has 22 heavy (non-hydrogen) atoms. The zero-order valence-corrected chi connectivity index (χ0v) is 13.9. The number of nitriles is 1. The topological polar surface area (TPSA) is 59.3 Å². The second kappa shape index (κ2) is 8.43. The molecule has 0 amide bonds. The first kappa shape index (κ1) is 18.0. The Morgan fingerprint density at radius 2 is 2.14 bits per heavy atom. The molecule has 0 heterocycles. The normalized spacial score (nSPS) is 14.5. The van der Waals surface area contributed by atoms with E-state index in [-0.39, 0.29) is 18.3 Å². The molecule has 0 bridgehead atoms.